The van der Waals surface area contributed by atoms with Crippen molar-refractivity contribution in [2.24, 2.45) is 22.7 Å². The highest BCUT2D eigenvalue weighted by molar-refractivity contribution is 7.46. The summed E-state index contributed by atoms with van der Waals surface area (Å²) in [5, 5.41) is 24.1. The number of carbonyl (C=O) groups is 6. The fraction of sp³-hybridized carbons (Fsp3) is 0.722. The number of aromatic nitrogens is 2. The summed E-state index contributed by atoms with van der Waals surface area (Å²) < 4.78 is 17.6. The van der Waals surface area contributed by atoms with Gasteiger partial charge in [0.25, 0.3) is 0 Å². The highest BCUT2D eigenvalue weighted by Gasteiger charge is 2.37. The summed E-state index contributed by atoms with van der Waals surface area (Å²) in [4.78, 5) is 108. The number of aryl methyl sites for hydroxylation is 1. The highest BCUT2D eigenvalue weighted by Crippen LogP contribution is 2.38. The Labute approximate surface area is 338 Å². The van der Waals surface area contributed by atoms with E-state index in [1.807, 2.05) is 13.8 Å². The van der Waals surface area contributed by atoms with Crippen LogP contribution in [0.1, 0.15) is 92.2 Å². The molecule has 22 heteroatoms. The molecule has 9 N–H and O–H groups in total. The van der Waals surface area contributed by atoms with E-state index in [-0.39, 0.29) is 24.7 Å². The minimum Gasteiger partial charge on any atom is -0.396 e. The van der Waals surface area contributed by atoms with Gasteiger partial charge in [-0.05, 0) is 63.7 Å². The number of hydrogen-bond donors (Lipinski definition) is 8. The van der Waals surface area contributed by atoms with E-state index in [1.165, 1.54) is 18.0 Å². The summed E-state index contributed by atoms with van der Waals surface area (Å²) in [6.07, 6.45) is 7.49. The van der Waals surface area contributed by atoms with Gasteiger partial charge in [-0.2, -0.15) is 0 Å². The molecular formula is C36H62N9O12P. The molecule has 21 nitrogen and oxygen atoms in total. The topological polar surface area (TPSA) is 306 Å². The van der Waals surface area contributed by atoms with Crippen LogP contribution in [-0.4, -0.2) is 127 Å². The molecule has 2 rings (SSSR count). The molecule has 0 aliphatic carbocycles. The zero-order chi connectivity index (χ0) is 43.6. The molecule has 1 aliphatic rings. The molecule has 0 radical (unpaired) electrons. The lowest BCUT2D eigenvalue weighted by atomic mass is 10.0. The number of phosphoric ester groups is 1. The molecule has 0 saturated carbocycles. The molecule has 6 amide bonds. The second-order valence-corrected chi connectivity index (χ2v) is 15.9. The number of rotatable bonds is 26. The summed E-state index contributed by atoms with van der Waals surface area (Å²) in [5.41, 5.74) is 5.85. The molecule has 1 saturated heterocycles. The summed E-state index contributed by atoms with van der Waals surface area (Å²) in [7, 11) is -5.11. The fourth-order valence-corrected chi connectivity index (χ4v) is 6.90. The first kappa shape index (κ1) is 49.7. The van der Waals surface area contributed by atoms with Crippen molar-refractivity contribution in [1.82, 2.24) is 35.7 Å². The lowest BCUT2D eigenvalue weighted by molar-refractivity contribution is -0.139. The zero-order valence-corrected chi connectivity index (χ0v) is 35.1. The van der Waals surface area contributed by atoms with Gasteiger partial charge in [-0.1, -0.05) is 32.9 Å². The minimum absolute atomic E-state index is 0.0933. The van der Waals surface area contributed by atoms with Crippen LogP contribution in [-0.2, 0) is 55.7 Å². The van der Waals surface area contributed by atoms with Crippen molar-refractivity contribution < 1.29 is 57.6 Å². The first-order chi connectivity index (χ1) is 27.3. The molecule has 1 aliphatic heterocycles. The van der Waals surface area contributed by atoms with Crippen LogP contribution in [0.4, 0.5) is 0 Å². The van der Waals surface area contributed by atoms with E-state index in [9.17, 15) is 48.2 Å². The first-order valence-electron chi connectivity index (χ1n) is 19.6. The van der Waals surface area contributed by atoms with E-state index >= 15 is 0 Å². The van der Waals surface area contributed by atoms with Crippen molar-refractivity contribution in [2.75, 3.05) is 19.8 Å². The number of aliphatic hydroxyl groups is 1. The molecular weight excluding hydrogens is 781 g/mol. The standard InChI is InChI=1S/C36H62N9O12P/c1-7-25(8-2)18-39-56-15-10-9-13-44-21-38-19-26(44)17-28(34(50)42-29(20-46)35(51)43-31(32(37)48)23(5)57-58(53,54)55)40-33(49)27(16-22(3)4)41-36(52)30-12-11-14-45(30)24(6)47/h18-19,21-23,25,27-31,46H,7-17,20H2,1-6H3,(H2,37,48)(H,40,49)(H,41,52)(H,42,50)(H,43,51)(H2,53,54,55)/b39-18+/t23-,27+,28+,29+,30+,31+/m1/s1. The van der Waals surface area contributed by atoms with Gasteiger partial charge in [0.1, 0.15) is 36.8 Å². The Kier molecular flexibility index (Phi) is 21.0. The molecule has 1 aromatic heterocycles. The van der Waals surface area contributed by atoms with Gasteiger partial charge in [0.2, 0.25) is 35.4 Å². The number of nitrogens with two attached hydrogens (primary N) is 1. The number of amides is 6. The SMILES string of the molecule is CCC(/C=N/OCCCCn1cncc1C[C@H](NC(=O)[C@H](CC(C)C)NC(=O)[C@@H]1CCCN1C(C)=O)C(=O)N[C@@H](CO)C(=O)N[C@H](C(N)=O)[C@@H](C)OP(=O)(O)O)CC. The number of phosphoric acid groups is 1. The number of primary amides is 1. The quantitative estimate of drug-likeness (QED) is 0.0256. The lowest BCUT2D eigenvalue weighted by Crippen LogP contribution is -2.61. The number of nitrogens with zero attached hydrogens (tertiary/aromatic N) is 4. The maximum absolute atomic E-state index is 14.0. The number of imidazole rings is 1. The van der Waals surface area contributed by atoms with Crippen LogP contribution >= 0.6 is 7.82 Å². The molecule has 0 unspecified atom stereocenters. The Morgan fingerprint density at radius 3 is 2.22 bits per heavy atom. The first-order valence-corrected chi connectivity index (χ1v) is 21.1. The molecule has 0 spiro atoms. The van der Waals surface area contributed by atoms with Crippen molar-refractivity contribution >= 4 is 49.5 Å². The summed E-state index contributed by atoms with van der Waals surface area (Å²) in [6, 6.07) is -6.82. The highest BCUT2D eigenvalue weighted by atomic mass is 31.2. The molecule has 6 atom stereocenters. The van der Waals surface area contributed by atoms with E-state index in [4.69, 9.17) is 10.6 Å². The second kappa shape index (κ2) is 24.5. The maximum atomic E-state index is 14.0. The summed E-state index contributed by atoms with van der Waals surface area (Å²) in [6.45, 7) is 10.5. The van der Waals surface area contributed by atoms with E-state index in [0.29, 0.717) is 57.0 Å². The molecule has 328 valence electrons. The average molecular weight is 844 g/mol. The zero-order valence-electron chi connectivity index (χ0n) is 34.2. The van der Waals surface area contributed by atoms with Gasteiger partial charge >= 0.3 is 7.82 Å². The predicted molar refractivity (Wildman–Crippen MR) is 210 cm³/mol. The molecule has 1 fully saturated rings. The normalized spacial score (nSPS) is 17.1. The van der Waals surface area contributed by atoms with Gasteiger partial charge in [-0.3, -0.25) is 33.3 Å². The fourth-order valence-electron chi connectivity index (χ4n) is 6.34. The van der Waals surface area contributed by atoms with E-state index < -0.39 is 80.3 Å². The van der Waals surface area contributed by atoms with Crippen molar-refractivity contribution in [2.45, 2.75) is 136 Å². The second-order valence-electron chi connectivity index (χ2n) is 14.7. The number of oxime groups is 1. The Morgan fingerprint density at radius 2 is 1.64 bits per heavy atom. The van der Waals surface area contributed by atoms with E-state index in [1.54, 1.807) is 17.1 Å². The largest absolute Gasteiger partial charge is 0.469 e. The minimum atomic E-state index is -5.11. The maximum Gasteiger partial charge on any atom is 0.469 e. The van der Waals surface area contributed by atoms with Crippen LogP contribution in [0.15, 0.2) is 17.7 Å². The van der Waals surface area contributed by atoms with Crippen molar-refractivity contribution in [3.05, 3.63) is 18.2 Å². The Hall–Kier alpha value is -4.43. The van der Waals surface area contributed by atoms with Gasteiger partial charge in [0.05, 0.1) is 19.0 Å². The monoisotopic (exact) mass is 843 g/mol. The van der Waals surface area contributed by atoms with Crippen molar-refractivity contribution in [3.63, 3.8) is 0 Å². The van der Waals surface area contributed by atoms with E-state index in [0.717, 1.165) is 19.8 Å². The lowest BCUT2D eigenvalue weighted by Gasteiger charge is -2.28. The van der Waals surface area contributed by atoms with E-state index in [2.05, 4.69) is 49.8 Å². The van der Waals surface area contributed by atoms with Crippen LogP contribution in [0.3, 0.4) is 0 Å². The Bertz CT molecular complexity index is 1600. The van der Waals surface area contributed by atoms with Gasteiger partial charge in [-0.15, -0.1) is 0 Å². The number of unbranched alkanes of at least 4 members (excludes halogenated alkanes) is 1. The number of hydrogen-bond acceptors (Lipinski definition) is 12. The summed E-state index contributed by atoms with van der Waals surface area (Å²) in [5.74, 6) is -4.59. The van der Waals surface area contributed by atoms with Gasteiger partial charge in [0.15, 0.2) is 0 Å². The van der Waals surface area contributed by atoms with Crippen LogP contribution in [0, 0.1) is 11.8 Å². The molecule has 0 aromatic carbocycles. The molecule has 1 aromatic rings. The number of nitrogens with one attached hydrogen (secondary N) is 4. The molecule has 58 heavy (non-hydrogen) atoms. The average Bonchev–Trinajstić information content (AvgIpc) is 3.82. The predicted octanol–water partition coefficient (Wildman–Crippen LogP) is -0.384. The Morgan fingerprint density at radius 1 is 1.00 bits per heavy atom. The van der Waals surface area contributed by atoms with Crippen LogP contribution in [0.2, 0.25) is 0 Å². The van der Waals surface area contributed by atoms with Crippen molar-refractivity contribution in [3.8, 4) is 0 Å². The van der Waals surface area contributed by atoms with Crippen molar-refractivity contribution in [1.29, 1.82) is 0 Å². The molecule has 0 bridgehead atoms. The van der Waals surface area contributed by atoms with Crippen LogP contribution < -0.4 is 27.0 Å². The van der Waals surface area contributed by atoms with Gasteiger partial charge in [0, 0.05) is 44.5 Å². The number of carbonyl (C=O) groups excluding carboxylic acids is 6. The van der Waals surface area contributed by atoms with Gasteiger partial charge in [-0.25, -0.2) is 9.55 Å². The number of aliphatic hydroxyl groups excluding tert-OH is 1. The number of likely N-dealkylation sites (tertiary alicyclic amines) is 1. The third-order valence-corrected chi connectivity index (χ3v) is 10.2. The third kappa shape index (κ3) is 16.8. The molecule has 2 heterocycles. The van der Waals surface area contributed by atoms with Gasteiger partial charge < -0.3 is 56.2 Å². The third-order valence-electron chi connectivity index (χ3n) is 9.62. The van der Waals surface area contributed by atoms with Crippen LogP contribution in [0.5, 0.6) is 0 Å². The summed E-state index contributed by atoms with van der Waals surface area (Å²) >= 11 is 0. The smallest absolute Gasteiger partial charge is 0.396 e. The Balaban J connectivity index is 2.32. The van der Waals surface area contributed by atoms with Crippen LogP contribution in [0.25, 0.3) is 0 Å².